The average Bonchev–Trinajstić information content (AvgIpc) is 2.39. The molecule has 0 aromatic carbocycles. The Hall–Kier alpha value is -1.17. The van der Waals surface area contributed by atoms with Gasteiger partial charge in [0.05, 0.1) is 17.8 Å². The molecule has 0 spiro atoms. The highest BCUT2D eigenvalue weighted by Gasteiger charge is 2.21. The monoisotopic (exact) mass is 299 g/mol. The number of hydrogen-bond acceptors (Lipinski definition) is 5. The first-order chi connectivity index (χ1) is 8.24. The van der Waals surface area contributed by atoms with Crippen molar-refractivity contribution in [3.8, 4) is 5.88 Å². The highest BCUT2D eigenvalue weighted by Crippen LogP contribution is 2.25. The van der Waals surface area contributed by atoms with Gasteiger partial charge in [-0.05, 0) is 28.8 Å². The number of hydrogen-bond donors (Lipinski definition) is 0. The summed E-state index contributed by atoms with van der Waals surface area (Å²) in [5, 5.41) is 0. The lowest BCUT2D eigenvalue weighted by Gasteiger charge is -2.30. The molecule has 0 radical (unpaired) electrons. The highest BCUT2D eigenvalue weighted by molar-refractivity contribution is 9.10. The van der Waals surface area contributed by atoms with Crippen molar-refractivity contribution in [1.29, 1.82) is 0 Å². The third-order valence-electron chi connectivity index (χ3n) is 2.83. The minimum absolute atomic E-state index is 0.0852. The predicted octanol–water partition coefficient (Wildman–Crippen LogP) is 1.66. The first kappa shape index (κ1) is 12.3. The van der Waals surface area contributed by atoms with Crippen LogP contribution in [0.15, 0.2) is 10.7 Å². The van der Waals surface area contributed by atoms with Crippen LogP contribution in [0.25, 0.3) is 0 Å². The van der Waals surface area contributed by atoms with E-state index < -0.39 is 0 Å². The molecular weight excluding hydrogens is 286 g/mol. The topological polar surface area (TPSA) is 55.3 Å². The van der Waals surface area contributed by atoms with Crippen molar-refractivity contribution in [3.05, 3.63) is 10.7 Å². The first-order valence-corrected chi connectivity index (χ1v) is 6.30. The van der Waals surface area contributed by atoms with Crippen molar-refractivity contribution >= 4 is 28.2 Å². The van der Waals surface area contributed by atoms with E-state index in [2.05, 4.69) is 25.9 Å². The molecule has 2 heterocycles. The van der Waals surface area contributed by atoms with E-state index in [4.69, 9.17) is 4.74 Å². The first-order valence-electron chi connectivity index (χ1n) is 5.51. The number of aromatic nitrogens is 2. The van der Waals surface area contributed by atoms with Crippen molar-refractivity contribution in [2.24, 2.45) is 5.92 Å². The van der Waals surface area contributed by atoms with Gasteiger partial charge in [0.25, 0.3) is 0 Å². The number of nitrogens with zero attached hydrogens (tertiary/aromatic N) is 3. The molecular formula is C11H14BrN3O2. The van der Waals surface area contributed by atoms with Gasteiger partial charge in [-0.3, -0.25) is 0 Å². The Bertz CT molecular complexity index is 414. The smallest absolute Gasteiger partial charge is 0.232 e. The fourth-order valence-corrected chi connectivity index (χ4v) is 2.29. The number of carbonyl (C=O) groups excluding carboxylic acids is 1. The summed E-state index contributed by atoms with van der Waals surface area (Å²) < 4.78 is 5.86. The molecule has 1 fully saturated rings. The maximum Gasteiger partial charge on any atom is 0.232 e. The zero-order valence-corrected chi connectivity index (χ0v) is 11.2. The van der Waals surface area contributed by atoms with Gasteiger partial charge in [0.15, 0.2) is 0 Å². The van der Waals surface area contributed by atoms with Crippen LogP contribution < -0.4 is 9.64 Å². The SMILES string of the molecule is COc1nc(N2CCCC(C=O)C2)ncc1Br. The predicted molar refractivity (Wildman–Crippen MR) is 67.3 cm³/mol. The largest absolute Gasteiger partial charge is 0.480 e. The van der Waals surface area contributed by atoms with E-state index in [-0.39, 0.29) is 5.92 Å². The number of carbonyl (C=O) groups is 1. The summed E-state index contributed by atoms with van der Waals surface area (Å²) in [7, 11) is 1.57. The summed E-state index contributed by atoms with van der Waals surface area (Å²) >= 11 is 3.32. The van der Waals surface area contributed by atoms with Crippen LogP contribution in [0.1, 0.15) is 12.8 Å². The van der Waals surface area contributed by atoms with Crippen molar-refractivity contribution < 1.29 is 9.53 Å². The third kappa shape index (κ3) is 2.74. The number of methoxy groups -OCH3 is 1. The van der Waals surface area contributed by atoms with Gasteiger partial charge < -0.3 is 14.4 Å². The lowest BCUT2D eigenvalue weighted by molar-refractivity contribution is -0.111. The molecule has 1 aliphatic rings. The van der Waals surface area contributed by atoms with Crippen molar-refractivity contribution in [1.82, 2.24) is 9.97 Å². The number of anilines is 1. The van der Waals surface area contributed by atoms with Crippen LogP contribution in [-0.2, 0) is 4.79 Å². The standard InChI is InChI=1S/C11H14BrN3O2/c1-17-10-9(12)5-13-11(14-10)15-4-2-3-8(6-15)7-16/h5,7-8H,2-4,6H2,1H3. The van der Waals surface area contributed by atoms with E-state index in [1.54, 1.807) is 13.3 Å². The maximum absolute atomic E-state index is 10.8. The molecule has 2 rings (SSSR count). The molecule has 1 saturated heterocycles. The Balaban J connectivity index is 2.18. The lowest BCUT2D eigenvalue weighted by atomic mass is 10.0. The fourth-order valence-electron chi connectivity index (χ4n) is 1.94. The van der Waals surface area contributed by atoms with Crippen LogP contribution in [0.5, 0.6) is 5.88 Å². The second kappa shape index (κ2) is 5.44. The Morgan fingerprint density at radius 3 is 3.18 bits per heavy atom. The van der Waals surface area contributed by atoms with Gasteiger partial charge in [0.1, 0.15) is 6.29 Å². The van der Waals surface area contributed by atoms with E-state index in [1.165, 1.54) is 0 Å². The molecule has 1 aromatic heterocycles. The number of aldehydes is 1. The second-order valence-corrected chi connectivity index (χ2v) is 4.87. The van der Waals surface area contributed by atoms with E-state index in [9.17, 15) is 4.79 Å². The van der Waals surface area contributed by atoms with Crippen LogP contribution in [0.4, 0.5) is 5.95 Å². The van der Waals surface area contributed by atoms with Crippen LogP contribution in [0.3, 0.4) is 0 Å². The zero-order chi connectivity index (χ0) is 12.3. The number of halogens is 1. The van der Waals surface area contributed by atoms with E-state index in [0.717, 1.165) is 30.1 Å². The quantitative estimate of drug-likeness (QED) is 0.795. The van der Waals surface area contributed by atoms with Gasteiger partial charge in [-0.25, -0.2) is 4.98 Å². The summed E-state index contributed by atoms with van der Waals surface area (Å²) in [6.45, 7) is 1.57. The van der Waals surface area contributed by atoms with Gasteiger partial charge in [-0.1, -0.05) is 0 Å². The molecule has 0 amide bonds. The zero-order valence-electron chi connectivity index (χ0n) is 9.60. The van der Waals surface area contributed by atoms with Crippen molar-refractivity contribution in [2.75, 3.05) is 25.1 Å². The van der Waals surface area contributed by atoms with Crippen LogP contribution in [-0.4, -0.2) is 36.5 Å². The third-order valence-corrected chi connectivity index (χ3v) is 3.37. The molecule has 1 atom stereocenters. The molecule has 0 aliphatic carbocycles. The molecule has 6 heteroatoms. The Kier molecular flexibility index (Phi) is 3.93. The molecule has 92 valence electrons. The molecule has 0 saturated carbocycles. The Morgan fingerprint density at radius 2 is 2.47 bits per heavy atom. The van der Waals surface area contributed by atoms with Crippen LogP contribution in [0, 0.1) is 5.92 Å². The van der Waals surface area contributed by atoms with Crippen molar-refractivity contribution in [2.45, 2.75) is 12.8 Å². The summed E-state index contributed by atoms with van der Waals surface area (Å²) in [5.74, 6) is 1.22. The normalized spacial score (nSPS) is 20.1. The average molecular weight is 300 g/mol. The van der Waals surface area contributed by atoms with Gasteiger partial charge in [0, 0.05) is 19.0 Å². The number of piperidine rings is 1. The van der Waals surface area contributed by atoms with Crippen LogP contribution >= 0.6 is 15.9 Å². The lowest BCUT2D eigenvalue weighted by Crippen LogP contribution is -2.37. The van der Waals surface area contributed by atoms with Crippen LogP contribution in [0.2, 0.25) is 0 Å². The molecule has 1 aromatic rings. The summed E-state index contributed by atoms with van der Waals surface area (Å²) in [5.41, 5.74) is 0. The summed E-state index contributed by atoms with van der Waals surface area (Å²) in [6.07, 6.45) is 4.63. The molecule has 1 aliphatic heterocycles. The van der Waals surface area contributed by atoms with E-state index >= 15 is 0 Å². The second-order valence-electron chi connectivity index (χ2n) is 4.01. The molecule has 1 unspecified atom stereocenters. The molecule has 5 nitrogen and oxygen atoms in total. The Morgan fingerprint density at radius 1 is 1.65 bits per heavy atom. The van der Waals surface area contributed by atoms with Crippen molar-refractivity contribution in [3.63, 3.8) is 0 Å². The van der Waals surface area contributed by atoms with Gasteiger partial charge in [0.2, 0.25) is 11.8 Å². The number of ether oxygens (including phenoxy) is 1. The molecule has 17 heavy (non-hydrogen) atoms. The van der Waals surface area contributed by atoms with E-state index in [0.29, 0.717) is 18.4 Å². The maximum atomic E-state index is 10.8. The minimum atomic E-state index is 0.0852. The van der Waals surface area contributed by atoms with Gasteiger partial charge in [-0.2, -0.15) is 4.98 Å². The Labute approximate surface area is 108 Å². The summed E-state index contributed by atoms with van der Waals surface area (Å²) in [6, 6.07) is 0. The van der Waals surface area contributed by atoms with E-state index in [1.807, 2.05) is 4.90 Å². The molecule has 0 bridgehead atoms. The minimum Gasteiger partial charge on any atom is -0.480 e. The van der Waals surface area contributed by atoms with Gasteiger partial charge in [-0.15, -0.1) is 0 Å². The summed E-state index contributed by atoms with van der Waals surface area (Å²) in [4.78, 5) is 21.4. The fraction of sp³-hybridized carbons (Fsp3) is 0.545. The van der Waals surface area contributed by atoms with Gasteiger partial charge >= 0.3 is 0 Å². The number of rotatable bonds is 3. The molecule has 0 N–H and O–H groups in total. The highest BCUT2D eigenvalue weighted by atomic mass is 79.9.